The SMILES string of the molecule is COc1cc(CNc2nccs2)cc(Br)c1OCc1ccc(Cl)cc1Cl. The first kappa shape index (κ1) is 19.3. The molecule has 0 atom stereocenters. The van der Waals surface area contributed by atoms with Crippen LogP contribution in [-0.2, 0) is 13.2 Å². The van der Waals surface area contributed by atoms with Crippen molar-refractivity contribution < 1.29 is 9.47 Å². The fraction of sp³-hybridized carbons (Fsp3) is 0.167. The van der Waals surface area contributed by atoms with Crippen molar-refractivity contribution in [3.63, 3.8) is 0 Å². The topological polar surface area (TPSA) is 43.4 Å². The standard InChI is InChI=1S/C18H15BrCl2N2O2S/c1-24-16-7-11(9-23-18-22-4-5-26-18)6-14(19)17(16)25-10-12-2-3-13(20)8-15(12)21/h2-8H,9-10H2,1H3,(H,22,23). The number of anilines is 1. The van der Waals surface area contributed by atoms with Gasteiger partial charge >= 0.3 is 0 Å². The van der Waals surface area contributed by atoms with E-state index in [2.05, 4.69) is 26.2 Å². The average molecular weight is 474 g/mol. The van der Waals surface area contributed by atoms with E-state index in [1.807, 2.05) is 23.6 Å². The highest BCUT2D eigenvalue weighted by molar-refractivity contribution is 9.10. The lowest BCUT2D eigenvalue weighted by atomic mass is 10.2. The number of methoxy groups -OCH3 is 1. The lowest BCUT2D eigenvalue weighted by Gasteiger charge is -2.15. The predicted molar refractivity (Wildman–Crippen MR) is 111 cm³/mol. The van der Waals surface area contributed by atoms with Crippen molar-refractivity contribution in [2.45, 2.75) is 13.2 Å². The molecule has 0 aliphatic rings. The lowest BCUT2D eigenvalue weighted by Crippen LogP contribution is -2.03. The number of halogens is 3. The predicted octanol–water partition coefficient (Wildman–Crippen LogP) is 6.41. The Hall–Kier alpha value is -1.47. The van der Waals surface area contributed by atoms with Gasteiger partial charge in [-0.15, -0.1) is 11.3 Å². The monoisotopic (exact) mass is 472 g/mol. The third kappa shape index (κ3) is 4.82. The molecular formula is C18H15BrCl2N2O2S. The Labute approximate surface area is 174 Å². The van der Waals surface area contributed by atoms with Gasteiger partial charge in [-0.1, -0.05) is 29.3 Å². The van der Waals surface area contributed by atoms with Gasteiger partial charge in [0.25, 0.3) is 0 Å². The van der Waals surface area contributed by atoms with E-state index >= 15 is 0 Å². The molecule has 0 spiro atoms. The molecule has 0 saturated heterocycles. The van der Waals surface area contributed by atoms with Gasteiger partial charge in [-0.25, -0.2) is 4.98 Å². The molecule has 0 unspecified atom stereocenters. The Bertz CT molecular complexity index is 891. The summed E-state index contributed by atoms with van der Waals surface area (Å²) in [5.41, 5.74) is 1.89. The number of aromatic nitrogens is 1. The van der Waals surface area contributed by atoms with Crippen LogP contribution in [0.25, 0.3) is 0 Å². The van der Waals surface area contributed by atoms with E-state index in [0.717, 1.165) is 20.7 Å². The zero-order chi connectivity index (χ0) is 18.5. The second-order valence-electron chi connectivity index (χ2n) is 5.32. The third-order valence-electron chi connectivity index (χ3n) is 3.55. The van der Waals surface area contributed by atoms with Crippen molar-refractivity contribution in [2.24, 2.45) is 0 Å². The van der Waals surface area contributed by atoms with E-state index in [0.29, 0.717) is 34.7 Å². The number of thiazole rings is 1. The summed E-state index contributed by atoms with van der Waals surface area (Å²) in [6, 6.07) is 9.25. The fourth-order valence-electron chi connectivity index (χ4n) is 2.29. The van der Waals surface area contributed by atoms with Crippen LogP contribution in [0.2, 0.25) is 10.0 Å². The second kappa shape index (κ2) is 8.95. The Morgan fingerprint density at radius 1 is 1.23 bits per heavy atom. The van der Waals surface area contributed by atoms with Gasteiger partial charge in [-0.3, -0.25) is 0 Å². The minimum absolute atomic E-state index is 0.307. The van der Waals surface area contributed by atoms with Crippen LogP contribution in [-0.4, -0.2) is 12.1 Å². The lowest BCUT2D eigenvalue weighted by molar-refractivity contribution is 0.282. The van der Waals surface area contributed by atoms with Gasteiger partial charge in [0, 0.05) is 33.7 Å². The minimum Gasteiger partial charge on any atom is -0.493 e. The Balaban J connectivity index is 1.74. The number of hydrogen-bond donors (Lipinski definition) is 1. The number of nitrogens with zero attached hydrogens (tertiary/aromatic N) is 1. The van der Waals surface area contributed by atoms with Crippen LogP contribution < -0.4 is 14.8 Å². The zero-order valence-electron chi connectivity index (χ0n) is 13.8. The summed E-state index contributed by atoms with van der Waals surface area (Å²) in [5.74, 6) is 1.26. The first-order chi connectivity index (χ1) is 12.6. The molecule has 0 saturated carbocycles. The van der Waals surface area contributed by atoms with Crippen molar-refractivity contribution in [1.29, 1.82) is 0 Å². The van der Waals surface area contributed by atoms with E-state index in [-0.39, 0.29) is 0 Å². The molecule has 1 N–H and O–H groups in total. The highest BCUT2D eigenvalue weighted by Gasteiger charge is 2.13. The van der Waals surface area contributed by atoms with Crippen molar-refractivity contribution in [2.75, 3.05) is 12.4 Å². The van der Waals surface area contributed by atoms with Gasteiger partial charge < -0.3 is 14.8 Å². The maximum absolute atomic E-state index is 6.20. The third-order valence-corrected chi connectivity index (χ3v) is 5.46. The van der Waals surface area contributed by atoms with Crippen LogP contribution in [0.5, 0.6) is 11.5 Å². The molecule has 26 heavy (non-hydrogen) atoms. The van der Waals surface area contributed by atoms with Crippen molar-refractivity contribution in [3.8, 4) is 11.5 Å². The van der Waals surface area contributed by atoms with Crippen molar-refractivity contribution in [1.82, 2.24) is 4.98 Å². The van der Waals surface area contributed by atoms with Crippen LogP contribution >= 0.6 is 50.5 Å². The Morgan fingerprint density at radius 3 is 2.77 bits per heavy atom. The van der Waals surface area contributed by atoms with Gasteiger partial charge in [0.2, 0.25) is 0 Å². The summed E-state index contributed by atoms with van der Waals surface area (Å²) in [5, 5.41) is 7.23. The normalized spacial score (nSPS) is 10.6. The first-order valence-electron chi connectivity index (χ1n) is 7.63. The molecular weight excluding hydrogens is 459 g/mol. The molecule has 0 aliphatic carbocycles. The summed E-state index contributed by atoms with van der Waals surface area (Å²) in [7, 11) is 1.61. The highest BCUT2D eigenvalue weighted by atomic mass is 79.9. The molecule has 0 fully saturated rings. The van der Waals surface area contributed by atoms with E-state index < -0.39 is 0 Å². The summed E-state index contributed by atoms with van der Waals surface area (Å²) < 4.78 is 12.2. The van der Waals surface area contributed by atoms with Crippen LogP contribution in [0.15, 0.2) is 46.4 Å². The Morgan fingerprint density at radius 2 is 2.08 bits per heavy atom. The minimum atomic E-state index is 0.307. The molecule has 3 rings (SSSR count). The van der Waals surface area contributed by atoms with Gasteiger partial charge in [0.15, 0.2) is 16.6 Å². The van der Waals surface area contributed by atoms with E-state index in [4.69, 9.17) is 32.7 Å². The van der Waals surface area contributed by atoms with Crippen molar-refractivity contribution in [3.05, 3.63) is 67.6 Å². The number of ether oxygens (including phenoxy) is 2. The van der Waals surface area contributed by atoms with Crippen LogP contribution in [0.3, 0.4) is 0 Å². The van der Waals surface area contributed by atoms with Gasteiger partial charge in [0.1, 0.15) is 6.61 Å². The quantitative estimate of drug-likeness (QED) is 0.430. The molecule has 3 aromatic rings. The Kier molecular flexibility index (Phi) is 6.64. The molecule has 4 nitrogen and oxygen atoms in total. The summed E-state index contributed by atoms with van der Waals surface area (Å²) in [6.07, 6.45) is 1.77. The molecule has 136 valence electrons. The molecule has 0 bridgehead atoms. The molecule has 0 radical (unpaired) electrons. The van der Waals surface area contributed by atoms with Gasteiger partial charge in [-0.2, -0.15) is 0 Å². The maximum atomic E-state index is 6.20. The van der Waals surface area contributed by atoms with Crippen LogP contribution in [0.4, 0.5) is 5.13 Å². The maximum Gasteiger partial charge on any atom is 0.182 e. The highest BCUT2D eigenvalue weighted by Crippen LogP contribution is 2.38. The van der Waals surface area contributed by atoms with E-state index in [1.165, 1.54) is 0 Å². The van der Waals surface area contributed by atoms with Crippen LogP contribution in [0, 0.1) is 0 Å². The first-order valence-corrected chi connectivity index (χ1v) is 10.1. The van der Waals surface area contributed by atoms with E-state index in [1.54, 1.807) is 36.8 Å². The zero-order valence-corrected chi connectivity index (χ0v) is 17.7. The molecule has 2 aromatic carbocycles. The van der Waals surface area contributed by atoms with E-state index in [9.17, 15) is 0 Å². The molecule has 1 aromatic heterocycles. The summed E-state index contributed by atoms with van der Waals surface area (Å²) >= 11 is 17.2. The number of nitrogens with one attached hydrogen (secondary N) is 1. The molecule has 0 aliphatic heterocycles. The molecule has 0 amide bonds. The number of hydrogen-bond acceptors (Lipinski definition) is 5. The van der Waals surface area contributed by atoms with Crippen molar-refractivity contribution >= 4 is 55.6 Å². The molecule has 8 heteroatoms. The summed E-state index contributed by atoms with van der Waals surface area (Å²) in [6.45, 7) is 0.938. The van der Waals surface area contributed by atoms with Gasteiger partial charge in [-0.05, 0) is 45.8 Å². The second-order valence-corrected chi connectivity index (χ2v) is 7.92. The smallest absolute Gasteiger partial charge is 0.182 e. The number of benzene rings is 2. The summed E-state index contributed by atoms with van der Waals surface area (Å²) in [4.78, 5) is 4.21. The molecule has 1 heterocycles. The van der Waals surface area contributed by atoms with Crippen LogP contribution in [0.1, 0.15) is 11.1 Å². The fourth-order valence-corrected chi connectivity index (χ4v) is 3.89. The average Bonchev–Trinajstić information content (AvgIpc) is 3.13. The van der Waals surface area contributed by atoms with Gasteiger partial charge in [0.05, 0.1) is 11.6 Å². The number of rotatable bonds is 7. The largest absolute Gasteiger partial charge is 0.493 e.